The van der Waals surface area contributed by atoms with Crippen molar-refractivity contribution < 1.29 is 0 Å². The van der Waals surface area contributed by atoms with Crippen LogP contribution in [0.2, 0.25) is 5.02 Å². The highest BCUT2D eigenvalue weighted by molar-refractivity contribution is 6.30. The lowest BCUT2D eigenvalue weighted by molar-refractivity contribution is 0.544. The molecule has 1 N–H and O–H groups in total. The number of aromatic nitrogens is 1. The van der Waals surface area contributed by atoms with Crippen LogP contribution >= 0.6 is 11.6 Å². The standard InChI is InChI=1S/C17H23ClN2/c1-12(9-15-5-7-17(18)8-6-15)19-11-16-10-13(2)20(4)14(16)3/h5-8,10,12,19H,9,11H2,1-4H3. The van der Waals surface area contributed by atoms with E-state index in [1.165, 1.54) is 22.5 Å². The van der Waals surface area contributed by atoms with Crippen molar-refractivity contribution in [1.29, 1.82) is 0 Å². The van der Waals surface area contributed by atoms with Gasteiger partial charge in [-0.3, -0.25) is 0 Å². The Kier molecular flexibility index (Phi) is 4.90. The zero-order chi connectivity index (χ0) is 14.7. The molecule has 2 aromatic rings. The molecule has 0 saturated carbocycles. The van der Waals surface area contributed by atoms with Gasteiger partial charge in [-0.15, -0.1) is 0 Å². The van der Waals surface area contributed by atoms with E-state index in [1.54, 1.807) is 0 Å². The first kappa shape index (κ1) is 15.1. The highest BCUT2D eigenvalue weighted by Gasteiger charge is 2.08. The van der Waals surface area contributed by atoms with Gasteiger partial charge in [-0.05, 0) is 56.5 Å². The molecule has 3 heteroatoms. The van der Waals surface area contributed by atoms with Gasteiger partial charge in [0.25, 0.3) is 0 Å². The van der Waals surface area contributed by atoms with Crippen molar-refractivity contribution in [2.24, 2.45) is 7.05 Å². The van der Waals surface area contributed by atoms with Gasteiger partial charge in [0.15, 0.2) is 0 Å². The van der Waals surface area contributed by atoms with E-state index in [0.717, 1.165) is 18.0 Å². The molecule has 0 spiro atoms. The average Bonchev–Trinajstić information content (AvgIpc) is 2.66. The van der Waals surface area contributed by atoms with Crippen LogP contribution in [0.5, 0.6) is 0 Å². The Hall–Kier alpha value is -1.25. The van der Waals surface area contributed by atoms with E-state index >= 15 is 0 Å². The number of nitrogens with one attached hydrogen (secondary N) is 1. The Bertz CT molecular complexity index is 569. The fraction of sp³-hybridized carbons (Fsp3) is 0.412. The van der Waals surface area contributed by atoms with E-state index < -0.39 is 0 Å². The highest BCUT2D eigenvalue weighted by Crippen LogP contribution is 2.14. The minimum Gasteiger partial charge on any atom is -0.352 e. The maximum atomic E-state index is 5.91. The van der Waals surface area contributed by atoms with Crippen molar-refractivity contribution in [1.82, 2.24) is 9.88 Å². The van der Waals surface area contributed by atoms with E-state index in [1.807, 2.05) is 12.1 Å². The molecular formula is C17H23ClN2. The molecule has 1 atom stereocenters. The molecule has 0 saturated heterocycles. The molecule has 0 aliphatic carbocycles. The van der Waals surface area contributed by atoms with E-state index in [-0.39, 0.29) is 0 Å². The first-order chi connectivity index (χ1) is 9.47. The van der Waals surface area contributed by atoms with Gasteiger partial charge < -0.3 is 9.88 Å². The number of benzene rings is 1. The van der Waals surface area contributed by atoms with Gasteiger partial charge in [-0.25, -0.2) is 0 Å². The van der Waals surface area contributed by atoms with Crippen LogP contribution < -0.4 is 5.32 Å². The fourth-order valence-electron chi connectivity index (χ4n) is 2.44. The smallest absolute Gasteiger partial charge is 0.0406 e. The summed E-state index contributed by atoms with van der Waals surface area (Å²) in [6.07, 6.45) is 1.02. The molecule has 20 heavy (non-hydrogen) atoms. The molecular weight excluding hydrogens is 268 g/mol. The fourth-order valence-corrected chi connectivity index (χ4v) is 2.57. The molecule has 0 fully saturated rings. The number of nitrogens with zero attached hydrogens (tertiary/aromatic N) is 1. The second-order valence-corrected chi connectivity index (χ2v) is 6.00. The Morgan fingerprint density at radius 3 is 2.40 bits per heavy atom. The summed E-state index contributed by atoms with van der Waals surface area (Å²) in [6, 6.07) is 10.8. The van der Waals surface area contributed by atoms with Crippen LogP contribution in [-0.2, 0) is 20.0 Å². The van der Waals surface area contributed by atoms with Gasteiger partial charge in [-0.1, -0.05) is 23.7 Å². The monoisotopic (exact) mass is 290 g/mol. The summed E-state index contributed by atoms with van der Waals surface area (Å²) in [5.74, 6) is 0. The second kappa shape index (κ2) is 6.47. The van der Waals surface area contributed by atoms with Gasteiger partial charge >= 0.3 is 0 Å². The molecule has 1 aromatic heterocycles. The Labute approximate surface area is 126 Å². The normalized spacial score (nSPS) is 12.7. The van der Waals surface area contributed by atoms with Gasteiger partial charge in [0, 0.05) is 36.0 Å². The van der Waals surface area contributed by atoms with E-state index in [0.29, 0.717) is 6.04 Å². The average molecular weight is 291 g/mol. The SMILES string of the molecule is Cc1cc(CNC(C)Cc2ccc(Cl)cc2)c(C)n1C. The predicted molar refractivity (Wildman–Crippen MR) is 86.3 cm³/mol. The minimum absolute atomic E-state index is 0.441. The van der Waals surface area contributed by atoms with Crippen molar-refractivity contribution in [2.75, 3.05) is 0 Å². The zero-order valence-corrected chi connectivity index (χ0v) is 13.5. The third-order valence-electron chi connectivity index (χ3n) is 3.98. The molecule has 2 rings (SSSR count). The van der Waals surface area contributed by atoms with Crippen LogP contribution in [0.25, 0.3) is 0 Å². The molecule has 1 unspecified atom stereocenters. The zero-order valence-electron chi connectivity index (χ0n) is 12.7. The third-order valence-corrected chi connectivity index (χ3v) is 4.23. The quantitative estimate of drug-likeness (QED) is 0.880. The molecule has 2 nitrogen and oxygen atoms in total. The second-order valence-electron chi connectivity index (χ2n) is 5.57. The summed E-state index contributed by atoms with van der Waals surface area (Å²) in [5, 5.41) is 4.39. The van der Waals surface area contributed by atoms with E-state index in [4.69, 9.17) is 11.6 Å². The minimum atomic E-state index is 0.441. The molecule has 0 amide bonds. The molecule has 0 aliphatic rings. The van der Waals surface area contributed by atoms with Crippen molar-refractivity contribution in [3.8, 4) is 0 Å². The van der Waals surface area contributed by atoms with Crippen LogP contribution in [0.4, 0.5) is 0 Å². The number of hydrogen-bond acceptors (Lipinski definition) is 1. The molecule has 0 aliphatic heterocycles. The topological polar surface area (TPSA) is 17.0 Å². The lowest BCUT2D eigenvalue weighted by Crippen LogP contribution is -2.27. The van der Waals surface area contributed by atoms with Crippen LogP contribution in [0.1, 0.15) is 29.4 Å². The summed E-state index contributed by atoms with van der Waals surface area (Å²) >= 11 is 5.91. The predicted octanol–water partition coefficient (Wildman–Crippen LogP) is 4.02. The summed E-state index contributed by atoms with van der Waals surface area (Å²) in [5.41, 5.74) is 5.35. The molecule has 108 valence electrons. The first-order valence-corrected chi connectivity index (χ1v) is 7.45. The summed E-state index contributed by atoms with van der Waals surface area (Å²) < 4.78 is 2.24. The van der Waals surface area contributed by atoms with Crippen molar-refractivity contribution in [2.45, 2.75) is 39.8 Å². The maximum Gasteiger partial charge on any atom is 0.0406 e. The molecule has 0 bridgehead atoms. The van der Waals surface area contributed by atoms with Crippen molar-refractivity contribution >= 4 is 11.6 Å². The lowest BCUT2D eigenvalue weighted by Gasteiger charge is -2.14. The molecule has 1 aromatic carbocycles. The maximum absolute atomic E-state index is 5.91. The summed E-state index contributed by atoms with van der Waals surface area (Å²) in [6.45, 7) is 7.46. The molecule has 0 radical (unpaired) electrons. The van der Waals surface area contributed by atoms with Gasteiger partial charge in [-0.2, -0.15) is 0 Å². The molecule has 1 heterocycles. The van der Waals surface area contributed by atoms with Gasteiger partial charge in [0.05, 0.1) is 0 Å². The largest absolute Gasteiger partial charge is 0.352 e. The summed E-state index contributed by atoms with van der Waals surface area (Å²) in [7, 11) is 2.12. The van der Waals surface area contributed by atoms with Crippen molar-refractivity contribution in [3.63, 3.8) is 0 Å². The lowest BCUT2D eigenvalue weighted by atomic mass is 10.1. The van der Waals surface area contributed by atoms with Crippen LogP contribution in [0, 0.1) is 13.8 Å². The first-order valence-electron chi connectivity index (χ1n) is 7.07. The van der Waals surface area contributed by atoms with Crippen LogP contribution in [-0.4, -0.2) is 10.6 Å². The highest BCUT2D eigenvalue weighted by atomic mass is 35.5. The van der Waals surface area contributed by atoms with Gasteiger partial charge in [0.1, 0.15) is 0 Å². The number of halogens is 1. The number of hydrogen-bond donors (Lipinski definition) is 1. The van der Waals surface area contributed by atoms with Crippen LogP contribution in [0.15, 0.2) is 30.3 Å². The van der Waals surface area contributed by atoms with E-state index in [2.05, 4.69) is 55.9 Å². The third kappa shape index (κ3) is 3.65. The summed E-state index contributed by atoms with van der Waals surface area (Å²) in [4.78, 5) is 0. The Morgan fingerprint density at radius 1 is 1.20 bits per heavy atom. The number of aryl methyl sites for hydroxylation is 1. The Morgan fingerprint density at radius 2 is 1.85 bits per heavy atom. The Balaban J connectivity index is 1.90. The van der Waals surface area contributed by atoms with Crippen LogP contribution in [0.3, 0.4) is 0 Å². The number of rotatable bonds is 5. The van der Waals surface area contributed by atoms with Crippen molar-refractivity contribution in [3.05, 3.63) is 57.9 Å². The van der Waals surface area contributed by atoms with E-state index in [9.17, 15) is 0 Å². The van der Waals surface area contributed by atoms with Gasteiger partial charge in [0.2, 0.25) is 0 Å².